The van der Waals surface area contributed by atoms with Crippen LogP contribution >= 0.6 is 27.5 Å². The van der Waals surface area contributed by atoms with Gasteiger partial charge in [0.2, 0.25) is 0 Å². The van der Waals surface area contributed by atoms with Crippen molar-refractivity contribution in [2.45, 2.75) is 25.4 Å². The van der Waals surface area contributed by atoms with Crippen LogP contribution in [0.4, 0.5) is 0 Å². The first-order chi connectivity index (χ1) is 8.09. The predicted octanol–water partition coefficient (Wildman–Crippen LogP) is 3.46. The molecule has 1 N–H and O–H groups in total. The molecular formula is C13H18BrClN2. The maximum Gasteiger partial charge on any atom is 0.0464 e. The summed E-state index contributed by atoms with van der Waals surface area (Å²) in [6, 6.07) is 7.09. The highest BCUT2D eigenvalue weighted by molar-refractivity contribution is 9.10. The number of nitrogens with zero attached hydrogens (tertiary/aromatic N) is 1. The average molecular weight is 318 g/mol. The van der Waals surface area contributed by atoms with E-state index in [4.69, 9.17) is 11.6 Å². The lowest BCUT2D eigenvalue weighted by atomic mass is 10.1. The number of hydrogen-bond acceptors (Lipinski definition) is 2. The molecule has 0 aromatic heterocycles. The second-order valence-corrected chi connectivity index (χ2v) is 5.98. The van der Waals surface area contributed by atoms with E-state index in [1.807, 2.05) is 6.07 Å². The van der Waals surface area contributed by atoms with Crippen molar-refractivity contribution in [2.24, 2.45) is 0 Å². The first kappa shape index (κ1) is 13.3. The topological polar surface area (TPSA) is 15.3 Å². The minimum absolute atomic E-state index is 0.348. The molecule has 17 heavy (non-hydrogen) atoms. The Labute approximate surface area is 116 Å². The highest BCUT2D eigenvalue weighted by Gasteiger charge is 2.24. The third-order valence-corrected chi connectivity index (χ3v) is 4.45. The number of rotatable bonds is 3. The Morgan fingerprint density at radius 3 is 2.88 bits per heavy atom. The van der Waals surface area contributed by atoms with Crippen LogP contribution in [0.3, 0.4) is 0 Å². The van der Waals surface area contributed by atoms with E-state index in [-0.39, 0.29) is 0 Å². The quantitative estimate of drug-likeness (QED) is 0.918. The zero-order chi connectivity index (χ0) is 12.4. The Morgan fingerprint density at radius 1 is 1.53 bits per heavy atom. The summed E-state index contributed by atoms with van der Waals surface area (Å²) < 4.78 is 1.03. The van der Waals surface area contributed by atoms with Crippen LogP contribution in [0.2, 0.25) is 5.02 Å². The lowest BCUT2D eigenvalue weighted by molar-refractivity contribution is 0.197. The van der Waals surface area contributed by atoms with Gasteiger partial charge in [0.15, 0.2) is 0 Å². The molecule has 0 saturated carbocycles. The SMILES string of the molecule is CC(c1ccc(Br)cc1Cl)N(C)C1CCNC1. The molecule has 1 aromatic carbocycles. The summed E-state index contributed by atoms with van der Waals surface area (Å²) in [6.07, 6.45) is 1.22. The van der Waals surface area contributed by atoms with Gasteiger partial charge in [-0.2, -0.15) is 0 Å². The number of likely N-dealkylation sites (N-methyl/N-ethyl adjacent to an activating group) is 1. The first-order valence-corrected chi connectivity index (χ1v) is 7.14. The molecule has 1 aromatic rings. The Balaban J connectivity index is 2.15. The summed E-state index contributed by atoms with van der Waals surface area (Å²) in [7, 11) is 2.18. The highest BCUT2D eigenvalue weighted by atomic mass is 79.9. The molecule has 0 amide bonds. The van der Waals surface area contributed by atoms with E-state index in [0.717, 1.165) is 22.6 Å². The van der Waals surface area contributed by atoms with E-state index in [1.54, 1.807) is 0 Å². The summed E-state index contributed by atoms with van der Waals surface area (Å²) in [5.74, 6) is 0. The zero-order valence-corrected chi connectivity index (χ0v) is 12.6. The van der Waals surface area contributed by atoms with Gasteiger partial charge in [-0.25, -0.2) is 0 Å². The average Bonchev–Trinajstić information content (AvgIpc) is 2.80. The molecule has 2 nitrogen and oxygen atoms in total. The monoisotopic (exact) mass is 316 g/mol. The van der Waals surface area contributed by atoms with Crippen molar-refractivity contribution in [2.75, 3.05) is 20.1 Å². The van der Waals surface area contributed by atoms with Crippen LogP contribution < -0.4 is 5.32 Å². The van der Waals surface area contributed by atoms with Crippen molar-refractivity contribution < 1.29 is 0 Å². The van der Waals surface area contributed by atoms with Gasteiger partial charge < -0.3 is 5.32 Å². The Bertz CT molecular complexity index is 391. The van der Waals surface area contributed by atoms with E-state index < -0.39 is 0 Å². The van der Waals surface area contributed by atoms with Gasteiger partial charge >= 0.3 is 0 Å². The van der Waals surface area contributed by atoms with Crippen LogP contribution in [0.1, 0.15) is 24.9 Å². The molecule has 0 bridgehead atoms. The van der Waals surface area contributed by atoms with E-state index in [1.165, 1.54) is 12.0 Å². The Morgan fingerprint density at radius 2 is 2.29 bits per heavy atom. The molecule has 0 radical (unpaired) electrons. The molecule has 1 aliphatic rings. The normalized spacial score (nSPS) is 22.1. The largest absolute Gasteiger partial charge is 0.315 e. The smallest absolute Gasteiger partial charge is 0.0464 e. The zero-order valence-electron chi connectivity index (χ0n) is 10.2. The number of nitrogens with one attached hydrogen (secondary N) is 1. The van der Waals surface area contributed by atoms with Gasteiger partial charge in [-0.15, -0.1) is 0 Å². The molecule has 0 spiro atoms. The molecule has 2 unspecified atom stereocenters. The fourth-order valence-electron chi connectivity index (χ4n) is 2.36. The van der Waals surface area contributed by atoms with Crippen molar-refractivity contribution in [1.29, 1.82) is 0 Å². The maximum absolute atomic E-state index is 6.30. The fraction of sp³-hybridized carbons (Fsp3) is 0.538. The molecular weight excluding hydrogens is 300 g/mol. The highest BCUT2D eigenvalue weighted by Crippen LogP contribution is 2.30. The molecule has 94 valence electrons. The van der Waals surface area contributed by atoms with Crippen LogP contribution in [0.25, 0.3) is 0 Å². The van der Waals surface area contributed by atoms with Crippen molar-refractivity contribution >= 4 is 27.5 Å². The van der Waals surface area contributed by atoms with Gasteiger partial charge in [0.25, 0.3) is 0 Å². The van der Waals surface area contributed by atoms with Gasteiger partial charge in [0.1, 0.15) is 0 Å². The van der Waals surface area contributed by atoms with Crippen LogP contribution in [0.15, 0.2) is 22.7 Å². The molecule has 1 saturated heterocycles. The summed E-state index contributed by atoms with van der Waals surface area (Å²) in [5, 5.41) is 4.24. The maximum atomic E-state index is 6.30. The van der Waals surface area contributed by atoms with Gasteiger partial charge in [-0.1, -0.05) is 33.6 Å². The van der Waals surface area contributed by atoms with E-state index >= 15 is 0 Å². The van der Waals surface area contributed by atoms with E-state index in [0.29, 0.717) is 12.1 Å². The van der Waals surface area contributed by atoms with Crippen LogP contribution in [-0.4, -0.2) is 31.1 Å². The van der Waals surface area contributed by atoms with Gasteiger partial charge in [0.05, 0.1) is 0 Å². The van der Waals surface area contributed by atoms with Crippen LogP contribution in [0.5, 0.6) is 0 Å². The third kappa shape index (κ3) is 3.02. The standard InChI is InChI=1S/C13H18BrClN2/c1-9(17(2)11-5-6-16-8-11)12-4-3-10(14)7-13(12)15/h3-4,7,9,11,16H,5-6,8H2,1-2H3. The third-order valence-electron chi connectivity index (χ3n) is 3.63. The van der Waals surface area contributed by atoms with E-state index in [2.05, 4.69) is 52.3 Å². The molecule has 1 heterocycles. The Hall–Kier alpha value is -0.0900. The number of halogens is 2. The fourth-order valence-corrected chi connectivity index (χ4v) is 3.19. The van der Waals surface area contributed by atoms with Crippen LogP contribution in [0, 0.1) is 0 Å². The molecule has 1 aliphatic heterocycles. The lowest BCUT2D eigenvalue weighted by Gasteiger charge is -2.31. The Kier molecular flexibility index (Phi) is 4.47. The lowest BCUT2D eigenvalue weighted by Crippen LogP contribution is -2.35. The van der Waals surface area contributed by atoms with Crippen molar-refractivity contribution in [3.8, 4) is 0 Å². The second-order valence-electron chi connectivity index (χ2n) is 4.65. The van der Waals surface area contributed by atoms with Crippen molar-refractivity contribution in [3.63, 3.8) is 0 Å². The molecule has 1 fully saturated rings. The number of benzene rings is 1. The molecule has 2 atom stereocenters. The van der Waals surface area contributed by atoms with Crippen LogP contribution in [-0.2, 0) is 0 Å². The molecule has 4 heteroatoms. The first-order valence-electron chi connectivity index (χ1n) is 5.97. The number of hydrogen-bond donors (Lipinski definition) is 1. The summed E-state index contributed by atoms with van der Waals surface area (Å²) in [6.45, 7) is 4.41. The summed E-state index contributed by atoms with van der Waals surface area (Å²) in [4.78, 5) is 2.41. The second kappa shape index (κ2) is 5.70. The van der Waals surface area contributed by atoms with Crippen molar-refractivity contribution in [1.82, 2.24) is 10.2 Å². The van der Waals surface area contributed by atoms with Gasteiger partial charge in [-0.3, -0.25) is 4.90 Å². The van der Waals surface area contributed by atoms with Gasteiger partial charge in [0, 0.05) is 28.1 Å². The summed E-state index contributed by atoms with van der Waals surface area (Å²) >= 11 is 9.74. The predicted molar refractivity (Wildman–Crippen MR) is 76.6 cm³/mol. The van der Waals surface area contributed by atoms with Gasteiger partial charge in [-0.05, 0) is 44.6 Å². The minimum Gasteiger partial charge on any atom is -0.315 e. The van der Waals surface area contributed by atoms with Crippen molar-refractivity contribution in [3.05, 3.63) is 33.3 Å². The molecule has 2 rings (SSSR count). The van der Waals surface area contributed by atoms with E-state index in [9.17, 15) is 0 Å². The molecule has 0 aliphatic carbocycles. The summed E-state index contributed by atoms with van der Waals surface area (Å²) in [5.41, 5.74) is 1.20. The minimum atomic E-state index is 0.348.